The van der Waals surface area contributed by atoms with Gasteiger partial charge >= 0.3 is 0 Å². The topological polar surface area (TPSA) is 52.7 Å². The summed E-state index contributed by atoms with van der Waals surface area (Å²) in [6.45, 7) is 7.00. The molecule has 0 bridgehead atoms. The Morgan fingerprint density at radius 3 is 2.71 bits per heavy atom. The molecule has 0 spiro atoms. The summed E-state index contributed by atoms with van der Waals surface area (Å²) in [5, 5.41) is 2.98. The Labute approximate surface area is 145 Å². The summed E-state index contributed by atoms with van der Waals surface area (Å²) in [4.78, 5) is 28.2. The van der Waals surface area contributed by atoms with Crippen LogP contribution in [0, 0.1) is 11.8 Å². The van der Waals surface area contributed by atoms with Gasteiger partial charge in [-0.2, -0.15) is 0 Å². The first kappa shape index (κ1) is 18.3. The molecule has 1 aliphatic rings. The number of benzene rings is 1. The first-order valence-corrected chi connectivity index (χ1v) is 8.79. The molecule has 1 saturated heterocycles. The molecule has 5 heteroatoms. The summed E-state index contributed by atoms with van der Waals surface area (Å²) in [6.07, 6.45) is 1.23. The van der Waals surface area contributed by atoms with Gasteiger partial charge in [0.1, 0.15) is 0 Å². The van der Waals surface area contributed by atoms with Gasteiger partial charge in [0.05, 0.1) is 5.92 Å². The summed E-state index contributed by atoms with van der Waals surface area (Å²) in [5.74, 6) is 0.358. The Hall–Kier alpha value is -2.04. The fourth-order valence-corrected chi connectivity index (χ4v) is 3.05. The largest absolute Gasteiger partial charge is 0.375 e. The predicted molar refractivity (Wildman–Crippen MR) is 96.9 cm³/mol. The van der Waals surface area contributed by atoms with E-state index in [1.165, 1.54) is 5.69 Å². The third-order valence-electron chi connectivity index (χ3n) is 4.34. The lowest BCUT2D eigenvalue weighted by atomic mass is 10.1. The minimum atomic E-state index is -0.192. The number of nitrogens with one attached hydrogen (secondary N) is 1. The zero-order valence-electron chi connectivity index (χ0n) is 15.0. The van der Waals surface area contributed by atoms with E-state index >= 15 is 0 Å². The van der Waals surface area contributed by atoms with Crippen molar-refractivity contribution >= 4 is 17.5 Å². The average Bonchev–Trinajstić information content (AvgIpc) is 2.92. The third kappa shape index (κ3) is 5.25. The second-order valence-electron chi connectivity index (χ2n) is 7.00. The first-order chi connectivity index (χ1) is 11.5. The van der Waals surface area contributed by atoms with Crippen molar-refractivity contribution in [1.29, 1.82) is 0 Å². The minimum absolute atomic E-state index is 0.0111. The van der Waals surface area contributed by atoms with Crippen LogP contribution in [0.5, 0.6) is 0 Å². The van der Waals surface area contributed by atoms with Crippen molar-refractivity contribution in [3.8, 4) is 0 Å². The molecule has 0 aromatic heterocycles. The van der Waals surface area contributed by atoms with Crippen LogP contribution in [0.15, 0.2) is 30.3 Å². The van der Waals surface area contributed by atoms with E-state index in [-0.39, 0.29) is 17.7 Å². The molecule has 0 saturated carbocycles. The molecule has 5 nitrogen and oxygen atoms in total. The quantitative estimate of drug-likeness (QED) is 0.743. The van der Waals surface area contributed by atoms with Crippen molar-refractivity contribution in [2.75, 3.05) is 38.1 Å². The zero-order valence-corrected chi connectivity index (χ0v) is 15.0. The number of carbonyl (C=O) groups excluding carboxylic acids is 2. The molecular weight excluding hydrogens is 302 g/mol. The highest BCUT2D eigenvalue weighted by atomic mass is 16.2. The maximum atomic E-state index is 12.2. The van der Waals surface area contributed by atoms with Crippen LogP contribution in [0.2, 0.25) is 0 Å². The number of amides is 2. The molecule has 2 amide bonds. The van der Waals surface area contributed by atoms with E-state index in [0.29, 0.717) is 25.4 Å². The van der Waals surface area contributed by atoms with Gasteiger partial charge in [-0.05, 0) is 24.5 Å². The van der Waals surface area contributed by atoms with Crippen molar-refractivity contribution in [2.24, 2.45) is 11.8 Å². The number of hydrogen-bond acceptors (Lipinski definition) is 3. The van der Waals surface area contributed by atoms with E-state index in [2.05, 4.69) is 43.2 Å². The molecule has 1 heterocycles. The molecule has 1 N–H and O–H groups in total. The van der Waals surface area contributed by atoms with Gasteiger partial charge in [0.2, 0.25) is 11.8 Å². The van der Waals surface area contributed by atoms with Gasteiger partial charge in [-0.15, -0.1) is 0 Å². The van der Waals surface area contributed by atoms with Crippen LogP contribution >= 0.6 is 0 Å². The lowest BCUT2D eigenvalue weighted by molar-refractivity contribution is -0.129. The number of para-hydroxylation sites is 1. The van der Waals surface area contributed by atoms with Crippen LogP contribution in [0.3, 0.4) is 0 Å². The van der Waals surface area contributed by atoms with Crippen LogP contribution in [-0.4, -0.2) is 49.9 Å². The second kappa shape index (κ2) is 8.71. The lowest BCUT2D eigenvalue weighted by Crippen LogP contribution is -2.35. The van der Waals surface area contributed by atoms with E-state index in [0.717, 1.165) is 19.5 Å². The predicted octanol–water partition coefficient (Wildman–Crippen LogP) is 2.13. The SMILES string of the molecule is CC(C)CN1CC(C(=O)NCCCN(C)c2ccccc2)CC1=O. The van der Waals surface area contributed by atoms with Gasteiger partial charge in [0, 0.05) is 45.3 Å². The zero-order chi connectivity index (χ0) is 17.5. The Morgan fingerprint density at radius 1 is 1.33 bits per heavy atom. The molecular formula is C19H29N3O2. The average molecular weight is 331 g/mol. The molecule has 1 atom stereocenters. The van der Waals surface area contributed by atoms with E-state index in [1.807, 2.05) is 23.1 Å². The number of rotatable bonds is 8. The van der Waals surface area contributed by atoms with Gasteiger partial charge in [-0.3, -0.25) is 9.59 Å². The van der Waals surface area contributed by atoms with Crippen LogP contribution in [0.1, 0.15) is 26.7 Å². The van der Waals surface area contributed by atoms with Gasteiger partial charge in [-0.1, -0.05) is 32.0 Å². The summed E-state index contributed by atoms with van der Waals surface area (Å²) < 4.78 is 0. The fraction of sp³-hybridized carbons (Fsp3) is 0.579. The summed E-state index contributed by atoms with van der Waals surface area (Å²) in [6, 6.07) is 10.2. The molecule has 1 aromatic rings. The third-order valence-corrected chi connectivity index (χ3v) is 4.34. The minimum Gasteiger partial charge on any atom is -0.375 e. The number of carbonyl (C=O) groups is 2. The van der Waals surface area contributed by atoms with Crippen LogP contribution < -0.4 is 10.2 Å². The highest BCUT2D eigenvalue weighted by Gasteiger charge is 2.34. The Morgan fingerprint density at radius 2 is 2.04 bits per heavy atom. The molecule has 2 rings (SSSR count). The van der Waals surface area contributed by atoms with E-state index in [4.69, 9.17) is 0 Å². The van der Waals surface area contributed by atoms with Crippen molar-refractivity contribution in [1.82, 2.24) is 10.2 Å². The number of nitrogens with zero attached hydrogens (tertiary/aromatic N) is 2. The molecule has 1 unspecified atom stereocenters. The smallest absolute Gasteiger partial charge is 0.225 e. The highest BCUT2D eigenvalue weighted by molar-refractivity contribution is 5.89. The standard InChI is InChI=1S/C19H29N3O2/c1-15(2)13-22-14-16(12-18(22)23)19(24)20-10-7-11-21(3)17-8-5-4-6-9-17/h4-6,8-9,15-16H,7,10-14H2,1-3H3,(H,20,24). The first-order valence-electron chi connectivity index (χ1n) is 8.79. The number of anilines is 1. The van der Waals surface area contributed by atoms with E-state index < -0.39 is 0 Å². The van der Waals surface area contributed by atoms with Crippen LogP contribution in [0.4, 0.5) is 5.69 Å². The number of hydrogen-bond donors (Lipinski definition) is 1. The van der Waals surface area contributed by atoms with Crippen molar-refractivity contribution in [3.63, 3.8) is 0 Å². The molecule has 0 aliphatic carbocycles. The van der Waals surface area contributed by atoms with Crippen molar-refractivity contribution in [2.45, 2.75) is 26.7 Å². The number of likely N-dealkylation sites (tertiary alicyclic amines) is 1. The summed E-state index contributed by atoms with van der Waals surface area (Å²) in [5.41, 5.74) is 1.18. The molecule has 24 heavy (non-hydrogen) atoms. The van der Waals surface area contributed by atoms with Crippen molar-refractivity contribution < 1.29 is 9.59 Å². The summed E-state index contributed by atoms with van der Waals surface area (Å²) >= 11 is 0. The Kier molecular flexibility index (Phi) is 6.64. The van der Waals surface area contributed by atoms with Crippen molar-refractivity contribution in [3.05, 3.63) is 30.3 Å². The van der Waals surface area contributed by atoms with E-state index in [1.54, 1.807) is 0 Å². The fourth-order valence-electron chi connectivity index (χ4n) is 3.05. The lowest BCUT2D eigenvalue weighted by Gasteiger charge is -2.20. The monoisotopic (exact) mass is 331 g/mol. The molecule has 1 aliphatic heterocycles. The second-order valence-corrected chi connectivity index (χ2v) is 7.00. The van der Waals surface area contributed by atoms with Gasteiger partial charge in [0.25, 0.3) is 0 Å². The molecule has 1 aromatic carbocycles. The van der Waals surface area contributed by atoms with Gasteiger partial charge in [-0.25, -0.2) is 0 Å². The van der Waals surface area contributed by atoms with E-state index in [9.17, 15) is 9.59 Å². The molecule has 132 valence electrons. The Balaban J connectivity index is 1.67. The van der Waals surface area contributed by atoms with Crippen LogP contribution in [-0.2, 0) is 9.59 Å². The summed E-state index contributed by atoms with van der Waals surface area (Å²) in [7, 11) is 2.05. The molecule has 1 fully saturated rings. The molecule has 0 radical (unpaired) electrons. The highest BCUT2D eigenvalue weighted by Crippen LogP contribution is 2.19. The maximum Gasteiger partial charge on any atom is 0.225 e. The maximum absolute atomic E-state index is 12.2. The van der Waals surface area contributed by atoms with Gasteiger partial charge in [0.15, 0.2) is 0 Å². The van der Waals surface area contributed by atoms with Crippen LogP contribution in [0.25, 0.3) is 0 Å². The normalized spacial score (nSPS) is 17.4. The van der Waals surface area contributed by atoms with Gasteiger partial charge < -0.3 is 15.1 Å². The Bertz CT molecular complexity index is 545.